The number of carbonyl (C=O) groups excluding carboxylic acids is 2. The molecule has 15 heavy (non-hydrogen) atoms. The van der Waals surface area contributed by atoms with E-state index in [1.807, 2.05) is 0 Å². The molecule has 0 heterocycles. The van der Waals surface area contributed by atoms with Crippen molar-refractivity contribution in [1.82, 2.24) is 0 Å². The van der Waals surface area contributed by atoms with Crippen LogP contribution >= 0.6 is 0 Å². The fourth-order valence-corrected chi connectivity index (χ4v) is 1.01. The number of hydrogen-bond donors (Lipinski definition) is 4. The number of hydrogen-bond acceptors (Lipinski definition) is 6. The van der Waals surface area contributed by atoms with Crippen molar-refractivity contribution >= 4 is 11.6 Å². The second-order valence-corrected chi connectivity index (χ2v) is 3.30. The average Bonchev–Trinajstić information content (AvgIpc) is 2.23. The van der Waals surface area contributed by atoms with Crippen LogP contribution in [0.25, 0.3) is 0 Å². The highest BCUT2D eigenvalue weighted by Crippen LogP contribution is 2.08. The van der Waals surface area contributed by atoms with Crippen LogP contribution in [-0.2, 0) is 9.59 Å². The highest BCUT2D eigenvalue weighted by molar-refractivity contribution is 5.84. The second kappa shape index (κ2) is 5.92. The molecule has 6 nitrogen and oxygen atoms in total. The largest absolute Gasteiger partial charge is 0.387 e. The summed E-state index contributed by atoms with van der Waals surface area (Å²) in [6.07, 6.45) is -7.34. The van der Waals surface area contributed by atoms with Gasteiger partial charge in [-0.3, -0.25) is 9.59 Å². The van der Waals surface area contributed by atoms with Crippen LogP contribution < -0.4 is 0 Å². The summed E-state index contributed by atoms with van der Waals surface area (Å²) in [7, 11) is 0. The molecule has 1 unspecified atom stereocenters. The van der Waals surface area contributed by atoms with E-state index in [2.05, 4.69) is 0 Å². The Bertz CT molecular complexity index is 239. The van der Waals surface area contributed by atoms with Crippen molar-refractivity contribution < 1.29 is 30.0 Å². The minimum atomic E-state index is -1.87. The number of carbonyl (C=O) groups is 2. The lowest BCUT2D eigenvalue weighted by atomic mass is 9.97. The van der Waals surface area contributed by atoms with E-state index in [4.69, 9.17) is 5.11 Å². The van der Waals surface area contributed by atoms with Crippen molar-refractivity contribution in [3.05, 3.63) is 0 Å². The first kappa shape index (κ1) is 14.2. The van der Waals surface area contributed by atoms with E-state index in [0.29, 0.717) is 0 Å². The van der Waals surface area contributed by atoms with Crippen molar-refractivity contribution in [2.75, 3.05) is 0 Å². The molecule has 4 N–H and O–H groups in total. The van der Waals surface area contributed by atoms with Gasteiger partial charge in [-0.25, -0.2) is 0 Å². The third kappa shape index (κ3) is 3.67. The lowest BCUT2D eigenvalue weighted by molar-refractivity contribution is -0.152. The van der Waals surface area contributed by atoms with Crippen molar-refractivity contribution in [2.45, 2.75) is 44.7 Å². The number of aliphatic hydroxyl groups excluding tert-OH is 4. The van der Waals surface area contributed by atoms with Crippen LogP contribution in [0, 0.1) is 0 Å². The number of Topliss-reactive ketones (excluding diaryl/α,β-unsaturated/α-hetero) is 2. The third-order valence-electron chi connectivity index (χ3n) is 2.09. The summed E-state index contributed by atoms with van der Waals surface area (Å²) in [6, 6.07) is 0. The minimum Gasteiger partial charge on any atom is -0.387 e. The van der Waals surface area contributed by atoms with Crippen LogP contribution in [0.5, 0.6) is 0 Å². The predicted molar refractivity (Wildman–Crippen MR) is 50.0 cm³/mol. The molecule has 0 rings (SSSR count). The van der Waals surface area contributed by atoms with Gasteiger partial charge in [-0.2, -0.15) is 0 Å². The summed E-state index contributed by atoms with van der Waals surface area (Å²) >= 11 is 0. The molecule has 0 aromatic heterocycles. The van der Waals surface area contributed by atoms with Crippen molar-refractivity contribution in [1.29, 1.82) is 0 Å². The zero-order valence-corrected chi connectivity index (χ0v) is 8.62. The molecule has 0 fully saturated rings. The predicted octanol–water partition coefficient (Wildman–Crippen LogP) is -2.00. The first-order chi connectivity index (χ1) is 6.82. The van der Waals surface area contributed by atoms with Crippen LogP contribution in [0.3, 0.4) is 0 Å². The molecule has 0 aliphatic heterocycles. The molecule has 88 valence electrons. The quantitative estimate of drug-likeness (QED) is 0.411. The highest BCUT2D eigenvalue weighted by atomic mass is 16.4. The van der Waals surface area contributed by atoms with Crippen LogP contribution in [0.15, 0.2) is 0 Å². The number of rotatable bonds is 6. The number of ketones is 2. The highest BCUT2D eigenvalue weighted by Gasteiger charge is 2.35. The molecule has 0 spiro atoms. The molecular weight excluding hydrogens is 204 g/mol. The summed E-state index contributed by atoms with van der Waals surface area (Å²) < 4.78 is 0. The van der Waals surface area contributed by atoms with Gasteiger partial charge in [0.05, 0.1) is 0 Å². The van der Waals surface area contributed by atoms with Crippen LogP contribution in [0.2, 0.25) is 0 Å². The molecule has 0 aromatic rings. The Labute approximate surface area is 87.2 Å². The Morgan fingerprint density at radius 2 is 1.40 bits per heavy atom. The molecule has 4 atom stereocenters. The molecule has 0 aliphatic carbocycles. The number of aliphatic hydroxyl groups is 4. The van der Waals surface area contributed by atoms with Crippen molar-refractivity contribution in [3.63, 3.8) is 0 Å². The second-order valence-electron chi connectivity index (χ2n) is 3.30. The molecule has 0 aromatic carbocycles. The Morgan fingerprint density at radius 1 is 1.00 bits per heavy atom. The van der Waals surface area contributed by atoms with Crippen LogP contribution in [0.4, 0.5) is 0 Å². The maximum Gasteiger partial charge on any atom is 0.163 e. The summed E-state index contributed by atoms with van der Waals surface area (Å²) in [5, 5.41) is 36.8. The zero-order valence-electron chi connectivity index (χ0n) is 8.62. The zero-order chi connectivity index (χ0) is 12.2. The van der Waals surface area contributed by atoms with Gasteiger partial charge in [0.2, 0.25) is 0 Å². The third-order valence-corrected chi connectivity index (χ3v) is 2.09. The van der Waals surface area contributed by atoms with Gasteiger partial charge in [0, 0.05) is 6.42 Å². The van der Waals surface area contributed by atoms with Crippen molar-refractivity contribution in [2.24, 2.45) is 0 Å². The lowest BCUT2D eigenvalue weighted by Crippen LogP contribution is -2.49. The monoisotopic (exact) mass is 220 g/mol. The Hall–Kier alpha value is -0.820. The fourth-order valence-electron chi connectivity index (χ4n) is 1.01. The molecule has 0 amide bonds. The van der Waals surface area contributed by atoms with E-state index in [1.54, 1.807) is 0 Å². The summed E-state index contributed by atoms with van der Waals surface area (Å²) in [5.74, 6) is -1.42. The maximum atomic E-state index is 11.0. The Kier molecular flexibility index (Phi) is 5.59. The van der Waals surface area contributed by atoms with Gasteiger partial charge in [-0.15, -0.1) is 0 Å². The van der Waals surface area contributed by atoms with E-state index < -0.39 is 36.0 Å². The Balaban J connectivity index is 4.49. The van der Waals surface area contributed by atoms with Gasteiger partial charge in [0.15, 0.2) is 11.6 Å². The first-order valence-corrected chi connectivity index (χ1v) is 4.58. The molecule has 0 saturated heterocycles. The van der Waals surface area contributed by atoms with E-state index in [-0.39, 0.29) is 6.42 Å². The van der Waals surface area contributed by atoms with Crippen LogP contribution in [0.1, 0.15) is 20.3 Å². The summed E-state index contributed by atoms with van der Waals surface area (Å²) in [4.78, 5) is 21.6. The average molecular weight is 220 g/mol. The summed E-state index contributed by atoms with van der Waals surface area (Å²) in [6.45, 7) is 2.50. The maximum absolute atomic E-state index is 11.0. The van der Waals surface area contributed by atoms with Gasteiger partial charge < -0.3 is 20.4 Å². The lowest BCUT2D eigenvalue weighted by Gasteiger charge is -2.24. The first-order valence-electron chi connectivity index (χ1n) is 4.58. The van der Waals surface area contributed by atoms with Gasteiger partial charge in [-0.1, -0.05) is 6.92 Å². The van der Waals surface area contributed by atoms with Gasteiger partial charge in [0.1, 0.15) is 24.4 Å². The van der Waals surface area contributed by atoms with E-state index in [1.165, 1.54) is 6.92 Å². The van der Waals surface area contributed by atoms with E-state index in [9.17, 15) is 24.9 Å². The normalized spacial score (nSPS) is 19.1. The summed E-state index contributed by atoms with van der Waals surface area (Å²) in [5.41, 5.74) is 0. The van der Waals surface area contributed by atoms with Gasteiger partial charge >= 0.3 is 0 Å². The molecule has 6 heteroatoms. The molecule has 0 radical (unpaired) electrons. The fraction of sp³-hybridized carbons (Fsp3) is 0.778. The standard InChI is InChI=1S/C9H16O6/c1-3-5(11)7(13)9(15)8(14)6(12)4(2)10/h6-9,12-15H,3H2,1-2H3/t6?,7-,8+,9+/m0/s1. The molecule has 0 saturated carbocycles. The van der Waals surface area contributed by atoms with Gasteiger partial charge in [-0.05, 0) is 6.92 Å². The SMILES string of the molecule is CCC(=O)[C@H](O)[C@@H](O)[C@H](O)C(O)C(C)=O. The van der Waals surface area contributed by atoms with Crippen LogP contribution in [-0.4, -0.2) is 56.4 Å². The molecule has 0 aliphatic rings. The van der Waals surface area contributed by atoms with Gasteiger partial charge in [0.25, 0.3) is 0 Å². The Morgan fingerprint density at radius 3 is 1.73 bits per heavy atom. The topological polar surface area (TPSA) is 115 Å². The van der Waals surface area contributed by atoms with E-state index in [0.717, 1.165) is 6.92 Å². The molecular formula is C9H16O6. The van der Waals surface area contributed by atoms with E-state index >= 15 is 0 Å². The minimum absolute atomic E-state index is 0.0128. The smallest absolute Gasteiger partial charge is 0.163 e. The van der Waals surface area contributed by atoms with Crippen molar-refractivity contribution in [3.8, 4) is 0 Å². The molecule has 0 bridgehead atoms.